The van der Waals surface area contributed by atoms with Gasteiger partial charge in [0.2, 0.25) is 5.91 Å². The maximum absolute atomic E-state index is 13.9. The average Bonchev–Trinajstić information content (AvgIpc) is 2.91. The van der Waals surface area contributed by atoms with Gasteiger partial charge in [-0.15, -0.1) is 0 Å². The smallest absolute Gasteiger partial charge is 0.229 e. The number of nitrogens with one attached hydrogen (secondary N) is 1. The van der Waals surface area contributed by atoms with Gasteiger partial charge >= 0.3 is 0 Å². The number of amides is 1. The van der Waals surface area contributed by atoms with Crippen molar-refractivity contribution in [3.05, 3.63) is 59.1 Å². The largest absolute Gasteiger partial charge is 0.464 e. The highest BCUT2D eigenvalue weighted by molar-refractivity contribution is 7.90. The van der Waals surface area contributed by atoms with E-state index >= 15 is 0 Å². The lowest BCUT2D eigenvalue weighted by Gasteiger charge is -2.08. The Labute approximate surface area is 150 Å². The zero-order chi connectivity index (χ0) is 19.1. The monoisotopic (exact) mass is 375 g/mol. The number of carbonyl (C=O) groups excluding carboxylic acids is 1. The van der Waals surface area contributed by atoms with Gasteiger partial charge in [-0.3, -0.25) is 4.79 Å². The molecule has 1 aromatic heterocycles. The number of aryl methyl sites for hydroxylation is 2. The highest BCUT2D eigenvalue weighted by Gasteiger charge is 2.15. The Morgan fingerprint density at radius 1 is 1.15 bits per heavy atom. The number of furan rings is 1. The van der Waals surface area contributed by atoms with Crippen LogP contribution >= 0.6 is 0 Å². The SMILES string of the molecule is Cc1cc2occ(CC(=O)Nc3cc(S(C)(=O)=O)ccc3F)c2cc1C. The number of anilines is 1. The Kier molecular flexibility index (Phi) is 4.58. The van der Waals surface area contributed by atoms with E-state index in [9.17, 15) is 17.6 Å². The van der Waals surface area contributed by atoms with Gasteiger partial charge in [-0.25, -0.2) is 12.8 Å². The summed E-state index contributed by atoms with van der Waals surface area (Å²) in [5.74, 6) is -1.16. The number of fused-ring (bicyclic) bond motifs is 1. The molecule has 0 atom stereocenters. The van der Waals surface area contributed by atoms with Gasteiger partial charge in [0, 0.05) is 17.2 Å². The molecule has 0 aliphatic heterocycles. The van der Waals surface area contributed by atoms with Crippen LogP contribution in [0.25, 0.3) is 11.0 Å². The Morgan fingerprint density at radius 3 is 2.54 bits per heavy atom. The van der Waals surface area contributed by atoms with E-state index < -0.39 is 21.6 Å². The molecule has 0 radical (unpaired) electrons. The lowest BCUT2D eigenvalue weighted by molar-refractivity contribution is -0.115. The van der Waals surface area contributed by atoms with Gasteiger partial charge in [-0.1, -0.05) is 0 Å². The van der Waals surface area contributed by atoms with Crippen molar-refractivity contribution in [2.24, 2.45) is 0 Å². The Hall–Kier alpha value is -2.67. The molecule has 3 aromatic rings. The first-order valence-corrected chi connectivity index (χ1v) is 9.81. The van der Waals surface area contributed by atoms with E-state index in [2.05, 4.69) is 5.32 Å². The first-order chi connectivity index (χ1) is 12.1. The molecule has 3 rings (SSSR count). The third-order valence-electron chi connectivity index (χ3n) is 4.26. The van der Waals surface area contributed by atoms with Crippen molar-refractivity contribution in [2.75, 3.05) is 11.6 Å². The predicted octanol–water partition coefficient (Wildman–Crippen LogP) is 3.77. The molecule has 0 saturated carbocycles. The van der Waals surface area contributed by atoms with Crippen molar-refractivity contribution in [1.82, 2.24) is 0 Å². The van der Waals surface area contributed by atoms with Crippen molar-refractivity contribution in [2.45, 2.75) is 25.2 Å². The van der Waals surface area contributed by atoms with Crippen LogP contribution in [0.2, 0.25) is 0 Å². The summed E-state index contributed by atoms with van der Waals surface area (Å²) in [6.07, 6.45) is 2.51. The van der Waals surface area contributed by atoms with Crippen LogP contribution in [0.4, 0.5) is 10.1 Å². The molecule has 136 valence electrons. The van der Waals surface area contributed by atoms with Gasteiger partial charge in [-0.05, 0) is 55.3 Å². The van der Waals surface area contributed by atoms with E-state index in [1.54, 1.807) is 0 Å². The Balaban J connectivity index is 1.85. The van der Waals surface area contributed by atoms with Gasteiger partial charge in [0.1, 0.15) is 11.4 Å². The fourth-order valence-corrected chi connectivity index (χ4v) is 3.32. The summed E-state index contributed by atoms with van der Waals surface area (Å²) in [6, 6.07) is 7.15. The average molecular weight is 375 g/mol. The van der Waals surface area contributed by atoms with Gasteiger partial charge in [0.15, 0.2) is 9.84 Å². The molecule has 7 heteroatoms. The second kappa shape index (κ2) is 6.57. The highest BCUT2D eigenvalue weighted by atomic mass is 32.2. The Morgan fingerprint density at radius 2 is 1.85 bits per heavy atom. The molecule has 1 heterocycles. The minimum absolute atomic E-state index is 0.0158. The fourth-order valence-electron chi connectivity index (χ4n) is 2.67. The van der Waals surface area contributed by atoms with E-state index in [0.717, 1.165) is 41.0 Å². The number of carbonyl (C=O) groups is 1. The van der Waals surface area contributed by atoms with Crippen LogP contribution in [0.15, 0.2) is 45.9 Å². The molecule has 0 aliphatic rings. The molecule has 0 aliphatic carbocycles. The fraction of sp³-hybridized carbons (Fsp3) is 0.211. The maximum Gasteiger partial charge on any atom is 0.229 e. The highest BCUT2D eigenvalue weighted by Crippen LogP contribution is 2.26. The Bertz CT molecular complexity index is 1120. The summed E-state index contributed by atoms with van der Waals surface area (Å²) >= 11 is 0. The van der Waals surface area contributed by atoms with Crippen molar-refractivity contribution >= 4 is 32.4 Å². The first-order valence-electron chi connectivity index (χ1n) is 7.92. The van der Waals surface area contributed by atoms with E-state index in [0.29, 0.717) is 11.1 Å². The van der Waals surface area contributed by atoms with E-state index in [1.807, 2.05) is 26.0 Å². The molecule has 26 heavy (non-hydrogen) atoms. The third kappa shape index (κ3) is 3.62. The molecule has 0 fully saturated rings. The normalized spacial score (nSPS) is 11.7. The van der Waals surface area contributed by atoms with Crippen LogP contribution in [-0.2, 0) is 21.1 Å². The van der Waals surface area contributed by atoms with Crippen molar-refractivity contribution in [3.63, 3.8) is 0 Å². The molecule has 0 spiro atoms. The molecular formula is C19H18FNO4S. The van der Waals surface area contributed by atoms with E-state index in [-0.39, 0.29) is 17.0 Å². The molecular weight excluding hydrogens is 357 g/mol. The zero-order valence-electron chi connectivity index (χ0n) is 14.6. The number of rotatable bonds is 4. The number of sulfone groups is 1. The predicted molar refractivity (Wildman–Crippen MR) is 97.5 cm³/mol. The summed E-state index contributed by atoms with van der Waals surface area (Å²) in [7, 11) is -3.50. The van der Waals surface area contributed by atoms with Crippen LogP contribution in [0, 0.1) is 19.7 Å². The van der Waals surface area contributed by atoms with Crippen LogP contribution in [0.3, 0.4) is 0 Å². The zero-order valence-corrected chi connectivity index (χ0v) is 15.4. The third-order valence-corrected chi connectivity index (χ3v) is 5.37. The quantitative estimate of drug-likeness (QED) is 0.704. The molecule has 1 amide bonds. The van der Waals surface area contributed by atoms with Crippen LogP contribution in [0.1, 0.15) is 16.7 Å². The number of hydrogen-bond donors (Lipinski definition) is 1. The van der Waals surface area contributed by atoms with Crippen molar-refractivity contribution in [3.8, 4) is 0 Å². The van der Waals surface area contributed by atoms with Crippen molar-refractivity contribution in [1.29, 1.82) is 0 Å². The summed E-state index contributed by atoms with van der Waals surface area (Å²) in [4.78, 5) is 12.3. The molecule has 0 unspecified atom stereocenters. The van der Waals surface area contributed by atoms with Crippen LogP contribution < -0.4 is 5.32 Å². The summed E-state index contributed by atoms with van der Waals surface area (Å²) in [5.41, 5.74) is 3.36. The number of benzene rings is 2. The van der Waals surface area contributed by atoms with E-state index in [4.69, 9.17) is 4.42 Å². The number of halogens is 1. The molecule has 5 nitrogen and oxygen atoms in total. The lowest BCUT2D eigenvalue weighted by atomic mass is 10.0. The van der Waals surface area contributed by atoms with Gasteiger partial charge in [-0.2, -0.15) is 0 Å². The second-order valence-corrected chi connectivity index (χ2v) is 8.35. The van der Waals surface area contributed by atoms with Gasteiger partial charge in [0.05, 0.1) is 23.3 Å². The van der Waals surface area contributed by atoms with Crippen molar-refractivity contribution < 1.29 is 22.0 Å². The van der Waals surface area contributed by atoms with Crippen LogP contribution in [0.5, 0.6) is 0 Å². The molecule has 1 N–H and O–H groups in total. The summed E-state index contributed by atoms with van der Waals surface area (Å²) in [5, 5.41) is 3.26. The standard InChI is InChI=1S/C19H18FNO4S/c1-11-6-15-13(10-25-18(15)7-12(11)2)8-19(22)21-17-9-14(26(3,23)24)4-5-16(17)20/h4-7,9-10H,8H2,1-3H3,(H,21,22). The maximum atomic E-state index is 13.9. The van der Waals surface area contributed by atoms with Gasteiger partial charge < -0.3 is 9.73 Å². The topological polar surface area (TPSA) is 76.4 Å². The molecule has 0 bridgehead atoms. The minimum atomic E-state index is -3.50. The van der Waals surface area contributed by atoms with Crippen LogP contribution in [-0.4, -0.2) is 20.6 Å². The molecule has 0 saturated heterocycles. The summed E-state index contributed by atoms with van der Waals surface area (Å²) in [6.45, 7) is 3.94. The molecule has 2 aromatic carbocycles. The minimum Gasteiger partial charge on any atom is -0.464 e. The first kappa shape index (κ1) is 18.1. The lowest BCUT2D eigenvalue weighted by Crippen LogP contribution is -2.15. The van der Waals surface area contributed by atoms with Gasteiger partial charge in [0.25, 0.3) is 0 Å². The van der Waals surface area contributed by atoms with E-state index in [1.165, 1.54) is 6.26 Å². The number of hydrogen-bond acceptors (Lipinski definition) is 4. The summed E-state index contributed by atoms with van der Waals surface area (Å²) < 4.78 is 42.6. The second-order valence-electron chi connectivity index (χ2n) is 6.33.